The van der Waals surface area contributed by atoms with Crippen LogP contribution in [0.4, 0.5) is 4.79 Å². The second kappa shape index (κ2) is 8.49. The summed E-state index contributed by atoms with van der Waals surface area (Å²) in [6.07, 6.45) is 4.17. The second-order valence-corrected chi connectivity index (χ2v) is 5.49. The van der Waals surface area contributed by atoms with Crippen molar-refractivity contribution in [2.75, 3.05) is 7.11 Å². The van der Waals surface area contributed by atoms with Crippen LogP contribution in [0.2, 0.25) is 0 Å². The molecule has 3 N–H and O–H groups in total. The van der Waals surface area contributed by atoms with Crippen LogP contribution >= 0.6 is 0 Å². The number of carbonyl (C=O) groups is 3. The van der Waals surface area contributed by atoms with Crippen LogP contribution in [0.5, 0.6) is 0 Å². The number of amides is 2. The minimum Gasteiger partial charge on any atom is -0.480 e. The van der Waals surface area contributed by atoms with Gasteiger partial charge in [-0.3, -0.25) is 4.79 Å². The first-order valence-electron chi connectivity index (χ1n) is 7.30. The molecule has 1 aliphatic carbocycles. The minimum absolute atomic E-state index is 0.00957. The van der Waals surface area contributed by atoms with Crippen molar-refractivity contribution >= 4 is 18.0 Å². The number of ether oxygens (including phenoxy) is 1. The lowest BCUT2D eigenvalue weighted by molar-refractivity contribution is -0.142. The van der Waals surface area contributed by atoms with Crippen molar-refractivity contribution in [1.82, 2.24) is 10.6 Å². The Bertz CT molecular complexity index is 386. The predicted molar refractivity (Wildman–Crippen MR) is 75.8 cm³/mol. The molecule has 1 rings (SSSR count). The first-order valence-corrected chi connectivity index (χ1v) is 7.30. The number of hydrogen-bond donors (Lipinski definition) is 3. The van der Waals surface area contributed by atoms with Gasteiger partial charge in [0.15, 0.2) is 0 Å². The quantitative estimate of drug-likeness (QED) is 0.641. The van der Waals surface area contributed by atoms with Crippen molar-refractivity contribution in [3.63, 3.8) is 0 Å². The molecule has 7 nitrogen and oxygen atoms in total. The first kappa shape index (κ1) is 17.3. The number of hydrogen-bond acceptors (Lipinski definition) is 4. The van der Waals surface area contributed by atoms with Crippen molar-refractivity contribution in [3.05, 3.63) is 0 Å². The molecule has 0 heterocycles. The fraction of sp³-hybridized carbons (Fsp3) is 0.786. The Labute approximate surface area is 124 Å². The number of carbonyl (C=O) groups excluding carboxylic acids is 2. The molecule has 0 aromatic carbocycles. The fourth-order valence-corrected chi connectivity index (χ4v) is 2.52. The summed E-state index contributed by atoms with van der Waals surface area (Å²) in [5.41, 5.74) is 0. The van der Waals surface area contributed by atoms with Crippen LogP contribution in [0, 0.1) is 5.92 Å². The van der Waals surface area contributed by atoms with E-state index < -0.39 is 24.0 Å². The number of urea groups is 1. The maximum absolute atomic E-state index is 11.9. The second-order valence-electron chi connectivity index (χ2n) is 5.49. The van der Waals surface area contributed by atoms with Crippen molar-refractivity contribution in [3.8, 4) is 0 Å². The molecule has 0 bridgehead atoms. The lowest BCUT2D eigenvalue weighted by Gasteiger charge is -2.30. The standard InChI is InChI=1S/C14H24N2O5/c1-9-5-3-4-6-10(9)15-14(20)16-11(13(18)19)7-8-12(17)21-2/h9-11H,3-8H2,1-2H3,(H,18,19)(H2,15,16,20)/t9?,10?,11-/m0/s1. The van der Waals surface area contributed by atoms with Crippen LogP contribution in [0.15, 0.2) is 0 Å². The topological polar surface area (TPSA) is 105 Å². The molecule has 120 valence electrons. The largest absolute Gasteiger partial charge is 0.480 e. The molecule has 1 saturated carbocycles. The van der Waals surface area contributed by atoms with E-state index in [9.17, 15) is 14.4 Å². The molecule has 0 saturated heterocycles. The zero-order valence-electron chi connectivity index (χ0n) is 12.6. The van der Waals surface area contributed by atoms with E-state index in [2.05, 4.69) is 22.3 Å². The first-order chi connectivity index (χ1) is 9.93. The Balaban J connectivity index is 2.44. The van der Waals surface area contributed by atoms with E-state index in [-0.39, 0.29) is 18.9 Å². The predicted octanol–water partition coefficient (Wildman–Crippen LogP) is 1.27. The van der Waals surface area contributed by atoms with Gasteiger partial charge in [-0.2, -0.15) is 0 Å². The van der Waals surface area contributed by atoms with Gasteiger partial charge < -0.3 is 20.5 Å². The smallest absolute Gasteiger partial charge is 0.326 e. The summed E-state index contributed by atoms with van der Waals surface area (Å²) in [4.78, 5) is 34.0. The molecule has 0 spiro atoms. The number of carboxylic acids is 1. The van der Waals surface area contributed by atoms with Crippen LogP contribution in [0.25, 0.3) is 0 Å². The Hall–Kier alpha value is -1.79. The van der Waals surface area contributed by atoms with E-state index in [1.165, 1.54) is 7.11 Å². The van der Waals surface area contributed by atoms with E-state index in [1.54, 1.807) is 0 Å². The Morgan fingerprint density at radius 3 is 2.52 bits per heavy atom. The highest BCUT2D eigenvalue weighted by Crippen LogP contribution is 2.23. The average Bonchev–Trinajstić information content (AvgIpc) is 2.45. The minimum atomic E-state index is -1.16. The number of carboxylic acid groups (broad SMARTS) is 1. The SMILES string of the molecule is COC(=O)CC[C@H](NC(=O)NC1CCCCC1C)C(=O)O. The summed E-state index contributed by atoms with van der Waals surface area (Å²) < 4.78 is 4.46. The zero-order chi connectivity index (χ0) is 15.8. The summed E-state index contributed by atoms with van der Waals surface area (Å²) >= 11 is 0. The molecule has 0 aliphatic heterocycles. The van der Waals surface area contributed by atoms with Crippen LogP contribution in [-0.4, -0.2) is 42.3 Å². The maximum Gasteiger partial charge on any atom is 0.326 e. The summed E-state index contributed by atoms with van der Waals surface area (Å²) in [5.74, 6) is -1.27. The molecule has 2 amide bonds. The highest BCUT2D eigenvalue weighted by Gasteiger charge is 2.25. The number of methoxy groups -OCH3 is 1. The van der Waals surface area contributed by atoms with Gasteiger partial charge in [0.05, 0.1) is 7.11 Å². The Morgan fingerprint density at radius 1 is 1.29 bits per heavy atom. The van der Waals surface area contributed by atoms with E-state index in [0.717, 1.165) is 25.7 Å². The van der Waals surface area contributed by atoms with E-state index in [4.69, 9.17) is 5.11 Å². The van der Waals surface area contributed by atoms with Gasteiger partial charge >= 0.3 is 18.0 Å². The third-order valence-electron chi connectivity index (χ3n) is 3.90. The van der Waals surface area contributed by atoms with Crippen molar-refractivity contribution in [2.45, 2.75) is 57.5 Å². The number of esters is 1. The van der Waals surface area contributed by atoms with Crippen molar-refractivity contribution in [1.29, 1.82) is 0 Å². The monoisotopic (exact) mass is 300 g/mol. The van der Waals surface area contributed by atoms with Crippen LogP contribution in [0.3, 0.4) is 0 Å². The van der Waals surface area contributed by atoms with Gasteiger partial charge in [0.1, 0.15) is 6.04 Å². The fourth-order valence-electron chi connectivity index (χ4n) is 2.52. The highest BCUT2D eigenvalue weighted by molar-refractivity contribution is 5.83. The number of aliphatic carboxylic acids is 1. The summed E-state index contributed by atoms with van der Waals surface area (Å²) in [6.45, 7) is 2.08. The lowest BCUT2D eigenvalue weighted by Crippen LogP contribution is -2.51. The Morgan fingerprint density at radius 2 is 1.95 bits per heavy atom. The Kier molecular flexibility index (Phi) is 6.98. The molecule has 1 fully saturated rings. The normalized spacial score (nSPS) is 23.0. The molecular formula is C14H24N2O5. The third kappa shape index (κ3) is 6.01. The molecule has 2 unspecified atom stereocenters. The molecule has 1 aliphatic rings. The number of nitrogens with one attached hydrogen (secondary N) is 2. The van der Waals surface area contributed by atoms with Gasteiger partial charge in [-0.1, -0.05) is 19.8 Å². The average molecular weight is 300 g/mol. The highest BCUT2D eigenvalue weighted by atomic mass is 16.5. The number of rotatable bonds is 6. The van der Waals surface area contributed by atoms with Gasteiger partial charge in [-0.15, -0.1) is 0 Å². The van der Waals surface area contributed by atoms with Gasteiger partial charge in [0.25, 0.3) is 0 Å². The van der Waals surface area contributed by atoms with Crippen molar-refractivity contribution in [2.24, 2.45) is 5.92 Å². The third-order valence-corrected chi connectivity index (χ3v) is 3.90. The molecule has 0 aromatic rings. The molecule has 21 heavy (non-hydrogen) atoms. The van der Waals surface area contributed by atoms with Crippen LogP contribution < -0.4 is 10.6 Å². The van der Waals surface area contributed by atoms with E-state index >= 15 is 0 Å². The molecule has 3 atom stereocenters. The summed E-state index contributed by atoms with van der Waals surface area (Å²) in [5, 5.41) is 14.3. The molecular weight excluding hydrogens is 276 g/mol. The maximum atomic E-state index is 11.9. The van der Waals surface area contributed by atoms with Gasteiger partial charge in [-0.25, -0.2) is 9.59 Å². The van der Waals surface area contributed by atoms with Gasteiger partial charge in [-0.05, 0) is 25.2 Å². The molecule has 0 radical (unpaired) electrons. The molecule has 7 heteroatoms. The van der Waals surface area contributed by atoms with Crippen LogP contribution in [0.1, 0.15) is 45.4 Å². The molecule has 0 aromatic heterocycles. The van der Waals surface area contributed by atoms with Crippen LogP contribution in [-0.2, 0) is 14.3 Å². The summed E-state index contributed by atoms with van der Waals surface area (Å²) in [6, 6.07) is -1.51. The van der Waals surface area contributed by atoms with E-state index in [0.29, 0.717) is 5.92 Å². The van der Waals surface area contributed by atoms with Crippen molar-refractivity contribution < 1.29 is 24.2 Å². The van der Waals surface area contributed by atoms with Gasteiger partial charge in [0, 0.05) is 12.5 Å². The van der Waals surface area contributed by atoms with Gasteiger partial charge in [0.2, 0.25) is 0 Å². The lowest BCUT2D eigenvalue weighted by atomic mass is 9.86. The summed E-state index contributed by atoms with van der Waals surface area (Å²) in [7, 11) is 1.24. The zero-order valence-corrected chi connectivity index (χ0v) is 12.6. The van der Waals surface area contributed by atoms with E-state index in [1.807, 2.05) is 0 Å².